The molecule has 0 amide bonds. The molecular weight excluding hydrogens is 260 g/mol. The van der Waals surface area contributed by atoms with Crippen LogP contribution in [0, 0.1) is 11.3 Å². The van der Waals surface area contributed by atoms with Crippen LogP contribution in [0.25, 0.3) is 0 Å². The van der Waals surface area contributed by atoms with Gasteiger partial charge in [0.25, 0.3) is 0 Å². The zero-order chi connectivity index (χ0) is 14.0. The topological polar surface area (TPSA) is 29.5 Å². The number of hydrogen-bond donors (Lipinski definition) is 1. The summed E-state index contributed by atoms with van der Waals surface area (Å²) < 4.78 is 5.15. The first-order chi connectivity index (χ1) is 8.95. The summed E-state index contributed by atoms with van der Waals surface area (Å²) in [5, 5.41) is 11.2. The number of ether oxygens (including phenoxy) is 1. The number of aliphatic hydroxyl groups excluding tert-OH is 1. The Morgan fingerprint density at radius 3 is 2.68 bits per heavy atom. The predicted octanol–water partition coefficient (Wildman–Crippen LogP) is 4.60. The maximum absolute atomic E-state index is 10.7. The zero-order valence-electron chi connectivity index (χ0n) is 11.9. The molecule has 0 radical (unpaired) electrons. The number of halogens is 1. The first-order valence-electron chi connectivity index (χ1n) is 6.97. The van der Waals surface area contributed by atoms with Gasteiger partial charge in [0, 0.05) is 0 Å². The maximum atomic E-state index is 10.7. The Kier molecular flexibility index (Phi) is 4.42. The minimum absolute atomic E-state index is 0.185. The molecule has 3 heteroatoms. The van der Waals surface area contributed by atoms with E-state index in [1.807, 2.05) is 18.2 Å². The Hall–Kier alpha value is -0.730. The summed E-state index contributed by atoms with van der Waals surface area (Å²) in [5.41, 5.74) is 1.08. The second-order valence-electron chi connectivity index (χ2n) is 6.18. The van der Waals surface area contributed by atoms with Gasteiger partial charge >= 0.3 is 0 Å². The Balaban J connectivity index is 2.23. The molecule has 2 unspecified atom stereocenters. The zero-order valence-corrected chi connectivity index (χ0v) is 12.7. The van der Waals surface area contributed by atoms with Crippen LogP contribution in [0.5, 0.6) is 5.75 Å². The van der Waals surface area contributed by atoms with Gasteiger partial charge < -0.3 is 9.84 Å². The lowest BCUT2D eigenvalue weighted by molar-refractivity contribution is 0.00384. The third-order valence-electron chi connectivity index (χ3n) is 4.49. The van der Waals surface area contributed by atoms with Crippen molar-refractivity contribution in [2.24, 2.45) is 11.3 Å². The quantitative estimate of drug-likeness (QED) is 0.878. The molecule has 0 saturated heterocycles. The minimum atomic E-state index is -0.446. The van der Waals surface area contributed by atoms with E-state index in [0.717, 1.165) is 12.0 Å². The smallest absolute Gasteiger partial charge is 0.137 e. The van der Waals surface area contributed by atoms with E-state index in [2.05, 4.69) is 13.8 Å². The minimum Gasteiger partial charge on any atom is -0.495 e. The summed E-state index contributed by atoms with van der Waals surface area (Å²) in [6.07, 6.45) is 4.28. The monoisotopic (exact) mass is 282 g/mol. The highest BCUT2D eigenvalue weighted by atomic mass is 35.5. The molecule has 106 valence electrons. The molecule has 1 aromatic carbocycles. The average molecular weight is 283 g/mol. The van der Waals surface area contributed by atoms with Gasteiger partial charge in [0.1, 0.15) is 5.75 Å². The lowest BCUT2D eigenvalue weighted by Gasteiger charge is -2.41. The van der Waals surface area contributed by atoms with E-state index in [1.165, 1.54) is 19.3 Å². The Bertz CT molecular complexity index is 442. The average Bonchev–Trinajstić information content (AvgIpc) is 2.37. The van der Waals surface area contributed by atoms with E-state index in [4.69, 9.17) is 16.3 Å². The van der Waals surface area contributed by atoms with E-state index in [9.17, 15) is 5.11 Å². The van der Waals surface area contributed by atoms with Crippen molar-refractivity contribution in [2.75, 3.05) is 7.11 Å². The van der Waals surface area contributed by atoms with E-state index in [1.54, 1.807) is 7.11 Å². The molecule has 0 aliphatic heterocycles. The van der Waals surface area contributed by atoms with Crippen LogP contribution in [-0.4, -0.2) is 12.2 Å². The molecule has 1 saturated carbocycles. The van der Waals surface area contributed by atoms with Crippen molar-refractivity contribution in [1.29, 1.82) is 0 Å². The molecule has 0 heterocycles. The first-order valence-corrected chi connectivity index (χ1v) is 7.35. The van der Waals surface area contributed by atoms with Crippen LogP contribution in [0.15, 0.2) is 18.2 Å². The number of hydrogen-bond acceptors (Lipinski definition) is 2. The molecule has 1 aliphatic rings. The van der Waals surface area contributed by atoms with Crippen LogP contribution in [-0.2, 0) is 0 Å². The molecule has 0 spiro atoms. The van der Waals surface area contributed by atoms with E-state index in [0.29, 0.717) is 16.7 Å². The Morgan fingerprint density at radius 2 is 2.11 bits per heavy atom. The molecule has 2 atom stereocenters. The fraction of sp³-hybridized carbons (Fsp3) is 0.625. The highest BCUT2D eigenvalue weighted by Gasteiger charge is 2.37. The second-order valence-corrected chi connectivity index (χ2v) is 6.59. The van der Waals surface area contributed by atoms with Crippen molar-refractivity contribution in [1.82, 2.24) is 0 Å². The molecule has 1 N–H and O–H groups in total. The van der Waals surface area contributed by atoms with Crippen LogP contribution in [0.4, 0.5) is 0 Å². The third-order valence-corrected chi connectivity index (χ3v) is 4.78. The van der Waals surface area contributed by atoms with Gasteiger partial charge in [0.05, 0.1) is 18.2 Å². The highest BCUT2D eigenvalue weighted by Crippen LogP contribution is 2.47. The Labute approximate surface area is 120 Å². The molecule has 2 rings (SSSR count). The number of rotatable bonds is 3. The Morgan fingerprint density at radius 1 is 1.37 bits per heavy atom. The van der Waals surface area contributed by atoms with Gasteiger partial charge in [-0.3, -0.25) is 0 Å². The first kappa shape index (κ1) is 14.7. The summed E-state index contributed by atoms with van der Waals surface area (Å²) in [7, 11) is 1.60. The maximum Gasteiger partial charge on any atom is 0.137 e. The molecule has 2 nitrogen and oxygen atoms in total. The third kappa shape index (κ3) is 3.06. The van der Waals surface area contributed by atoms with Crippen LogP contribution < -0.4 is 4.74 Å². The molecule has 19 heavy (non-hydrogen) atoms. The summed E-state index contributed by atoms with van der Waals surface area (Å²) in [5.74, 6) is 0.950. The van der Waals surface area contributed by atoms with E-state index >= 15 is 0 Å². The predicted molar refractivity (Wildman–Crippen MR) is 78.7 cm³/mol. The largest absolute Gasteiger partial charge is 0.495 e. The second kappa shape index (κ2) is 5.72. The summed E-state index contributed by atoms with van der Waals surface area (Å²) >= 11 is 6.15. The van der Waals surface area contributed by atoms with Crippen molar-refractivity contribution in [3.05, 3.63) is 28.8 Å². The molecule has 1 fully saturated rings. The molecule has 1 aromatic rings. The van der Waals surface area contributed by atoms with Gasteiger partial charge in [-0.15, -0.1) is 0 Å². The number of aliphatic hydroxyl groups is 1. The van der Waals surface area contributed by atoms with E-state index < -0.39 is 6.10 Å². The fourth-order valence-electron chi connectivity index (χ4n) is 3.21. The SMILES string of the molecule is COc1ccc(C(O)C2CCCCC2(C)C)cc1Cl. The van der Waals surface area contributed by atoms with Crippen molar-refractivity contribution in [2.45, 2.75) is 45.6 Å². The summed E-state index contributed by atoms with van der Waals surface area (Å²) in [6.45, 7) is 4.51. The summed E-state index contributed by atoms with van der Waals surface area (Å²) in [6, 6.07) is 5.58. The normalized spacial score (nSPS) is 23.9. The molecular formula is C16H23ClO2. The van der Waals surface area contributed by atoms with Gasteiger partial charge in [0.15, 0.2) is 0 Å². The van der Waals surface area contributed by atoms with Gasteiger partial charge in [-0.05, 0) is 41.9 Å². The van der Waals surface area contributed by atoms with Crippen molar-refractivity contribution >= 4 is 11.6 Å². The van der Waals surface area contributed by atoms with Crippen molar-refractivity contribution in [3.8, 4) is 5.75 Å². The lowest BCUT2D eigenvalue weighted by atomic mass is 9.65. The lowest BCUT2D eigenvalue weighted by Crippen LogP contribution is -2.32. The van der Waals surface area contributed by atoms with E-state index in [-0.39, 0.29) is 5.41 Å². The van der Waals surface area contributed by atoms with Crippen LogP contribution in [0.2, 0.25) is 5.02 Å². The molecule has 1 aliphatic carbocycles. The number of benzene rings is 1. The number of methoxy groups -OCH3 is 1. The van der Waals surface area contributed by atoms with Crippen LogP contribution in [0.3, 0.4) is 0 Å². The fourth-order valence-corrected chi connectivity index (χ4v) is 3.47. The summed E-state index contributed by atoms with van der Waals surface area (Å²) in [4.78, 5) is 0. The van der Waals surface area contributed by atoms with Gasteiger partial charge in [-0.2, -0.15) is 0 Å². The van der Waals surface area contributed by atoms with Crippen molar-refractivity contribution < 1.29 is 9.84 Å². The highest BCUT2D eigenvalue weighted by molar-refractivity contribution is 6.32. The van der Waals surface area contributed by atoms with Gasteiger partial charge in [0.2, 0.25) is 0 Å². The van der Waals surface area contributed by atoms with Gasteiger partial charge in [-0.25, -0.2) is 0 Å². The standard InChI is InChI=1S/C16H23ClO2/c1-16(2)9-5-4-6-12(16)15(18)11-7-8-14(19-3)13(17)10-11/h7-8,10,12,15,18H,4-6,9H2,1-3H3. The van der Waals surface area contributed by atoms with Gasteiger partial charge in [-0.1, -0.05) is 44.4 Å². The van der Waals surface area contributed by atoms with Crippen LogP contribution >= 0.6 is 11.6 Å². The molecule has 0 aromatic heterocycles. The molecule has 0 bridgehead atoms. The van der Waals surface area contributed by atoms with Crippen LogP contribution in [0.1, 0.15) is 51.2 Å². The van der Waals surface area contributed by atoms with Crippen molar-refractivity contribution in [3.63, 3.8) is 0 Å².